The van der Waals surface area contributed by atoms with Crippen LogP contribution in [-0.4, -0.2) is 4.98 Å². The molecule has 0 saturated carbocycles. The third-order valence-corrected chi connectivity index (χ3v) is 3.10. The van der Waals surface area contributed by atoms with E-state index >= 15 is 0 Å². The fourth-order valence-electron chi connectivity index (χ4n) is 1.99. The Kier molecular flexibility index (Phi) is 4.17. The first-order valence-electron chi connectivity index (χ1n) is 6.58. The van der Waals surface area contributed by atoms with Gasteiger partial charge in [0.1, 0.15) is 11.5 Å². The van der Waals surface area contributed by atoms with E-state index in [-0.39, 0.29) is 0 Å². The summed E-state index contributed by atoms with van der Waals surface area (Å²) in [6.45, 7) is 0. The zero-order chi connectivity index (χ0) is 14.5. The molecule has 2 aromatic carbocycles. The van der Waals surface area contributed by atoms with Crippen LogP contribution in [0, 0.1) is 6.42 Å². The number of pyridine rings is 1. The van der Waals surface area contributed by atoms with Crippen molar-refractivity contribution < 1.29 is 4.74 Å². The molecule has 103 valence electrons. The summed E-state index contributed by atoms with van der Waals surface area (Å²) >= 11 is 5.94. The van der Waals surface area contributed by atoms with Crippen LogP contribution in [0.3, 0.4) is 0 Å². The molecule has 0 N–H and O–H groups in total. The molecular formula is C18H13ClNO. The highest BCUT2D eigenvalue weighted by atomic mass is 35.5. The Balaban J connectivity index is 1.77. The molecule has 0 bridgehead atoms. The van der Waals surface area contributed by atoms with Gasteiger partial charge in [-0.25, -0.2) is 0 Å². The maximum absolute atomic E-state index is 5.94. The normalized spacial score (nSPS) is 10.3. The van der Waals surface area contributed by atoms with Gasteiger partial charge in [-0.3, -0.25) is 4.98 Å². The lowest BCUT2D eigenvalue weighted by Gasteiger charge is -2.07. The zero-order valence-electron chi connectivity index (χ0n) is 11.2. The van der Waals surface area contributed by atoms with Crippen LogP contribution in [0.4, 0.5) is 0 Å². The standard InChI is InChI=1S/C18H13ClNO/c19-16-10-15(12-20-13-16)9-14-5-4-8-18(11-14)21-17-6-2-1-3-7-17/h1-13H. The van der Waals surface area contributed by atoms with E-state index in [4.69, 9.17) is 16.3 Å². The first-order chi connectivity index (χ1) is 10.3. The largest absolute Gasteiger partial charge is 0.457 e. The van der Waals surface area contributed by atoms with Crippen molar-refractivity contribution in [2.75, 3.05) is 0 Å². The molecule has 0 atom stereocenters. The predicted octanol–water partition coefficient (Wildman–Crippen LogP) is 5.13. The lowest BCUT2D eigenvalue weighted by Crippen LogP contribution is -1.89. The van der Waals surface area contributed by atoms with E-state index in [1.807, 2.05) is 67.1 Å². The van der Waals surface area contributed by atoms with Gasteiger partial charge in [0.25, 0.3) is 0 Å². The highest BCUT2D eigenvalue weighted by molar-refractivity contribution is 6.30. The summed E-state index contributed by atoms with van der Waals surface area (Å²) in [4.78, 5) is 4.08. The molecule has 1 radical (unpaired) electrons. The second kappa shape index (κ2) is 6.42. The minimum Gasteiger partial charge on any atom is -0.457 e. The third kappa shape index (κ3) is 3.83. The van der Waals surface area contributed by atoms with Gasteiger partial charge in [0, 0.05) is 18.8 Å². The Labute approximate surface area is 129 Å². The smallest absolute Gasteiger partial charge is 0.127 e. The molecule has 0 unspecified atom stereocenters. The van der Waals surface area contributed by atoms with E-state index in [1.165, 1.54) is 0 Å². The van der Waals surface area contributed by atoms with Crippen LogP contribution in [0.15, 0.2) is 73.1 Å². The number of benzene rings is 2. The van der Waals surface area contributed by atoms with Gasteiger partial charge >= 0.3 is 0 Å². The Bertz CT molecular complexity index is 728. The molecule has 3 rings (SSSR count). The molecule has 1 aromatic heterocycles. The van der Waals surface area contributed by atoms with Gasteiger partial charge in [0.2, 0.25) is 0 Å². The van der Waals surface area contributed by atoms with Crippen LogP contribution in [0.1, 0.15) is 11.1 Å². The summed E-state index contributed by atoms with van der Waals surface area (Å²) in [6, 6.07) is 19.5. The van der Waals surface area contributed by atoms with Gasteiger partial charge in [-0.1, -0.05) is 41.9 Å². The highest BCUT2D eigenvalue weighted by Gasteiger charge is 2.02. The number of hydrogen-bond acceptors (Lipinski definition) is 2. The predicted molar refractivity (Wildman–Crippen MR) is 84.7 cm³/mol. The van der Waals surface area contributed by atoms with E-state index in [9.17, 15) is 0 Å². The first kappa shape index (κ1) is 13.7. The van der Waals surface area contributed by atoms with E-state index in [0.717, 1.165) is 22.6 Å². The van der Waals surface area contributed by atoms with Crippen molar-refractivity contribution >= 4 is 11.6 Å². The van der Waals surface area contributed by atoms with Crippen LogP contribution >= 0.6 is 11.6 Å². The van der Waals surface area contributed by atoms with Crippen molar-refractivity contribution in [2.24, 2.45) is 0 Å². The number of aromatic nitrogens is 1. The number of hydrogen-bond donors (Lipinski definition) is 0. The van der Waals surface area contributed by atoms with Crippen molar-refractivity contribution in [3.63, 3.8) is 0 Å². The molecule has 3 heteroatoms. The molecule has 0 fully saturated rings. The van der Waals surface area contributed by atoms with Crippen LogP contribution in [0.5, 0.6) is 11.5 Å². The van der Waals surface area contributed by atoms with Gasteiger partial charge in [-0.2, -0.15) is 0 Å². The zero-order valence-corrected chi connectivity index (χ0v) is 12.0. The van der Waals surface area contributed by atoms with E-state index < -0.39 is 0 Å². The van der Waals surface area contributed by atoms with Gasteiger partial charge < -0.3 is 4.74 Å². The Hall–Kier alpha value is -2.32. The second-order valence-corrected chi connectivity index (χ2v) is 5.00. The van der Waals surface area contributed by atoms with Crippen molar-refractivity contribution in [2.45, 2.75) is 0 Å². The van der Waals surface area contributed by atoms with E-state index in [2.05, 4.69) is 4.98 Å². The number of halogens is 1. The molecular weight excluding hydrogens is 282 g/mol. The first-order valence-corrected chi connectivity index (χ1v) is 6.96. The van der Waals surface area contributed by atoms with Crippen LogP contribution < -0.4 is 4.74 Å². The summed E-state index contributed by atoms with van der Waals surface area (Å²) in [6.07, 6.45) is 5.40. The minimum absolute atomic E-state index is 0.625. The number of ether oxygens (including phenoxy) is 1. The average molecular weight is 295 g/mol. The molecule has 0 amide bonds. The highest BCUT2D eigenvalue weighted by Crippen LogP contribution is 2.24. The summed E-state index contributed by atoms with van der Waals surface area (Å²) in [7, 11) is 0. The molecule has 1 heterocycles. The number of nitrogens with zero attached hydrogens (tertiary/aromatic N) is 1. The van der Waals surface area contributed by atoms with Crippen LogP contribution in [0.2, 0.25) is 5.02 Å². The molecule has 21 heavy (non-hydrogen) atoms. The van der Waals surface area contributed by atoms with Gasteiger partial charge in [-0.05, 0) is 41.5 Å². The summed E-state index contributed by atoms with van der Waals surface area (Å²) < 4.78 is 5.82. The van der Waals surface area contributed by atoms with E-state index in [1.54, 1.807) is 12.4 Å². The number of para-hydroxylation sites is 1. The van der Waals surface area contributed by atoms with E-state index in [0.29, 0.717) is 5.02 Å². The number of rotatable bonds is 4. The Morgan fingerprint density at radius 2 is 1.62 bits per heavy atom. The Morgan fingerprint density at radius 1 is 0.810 bits per heavy atom. The summed E-state index contributed by atoms with van der Waals surface area (Å²) in [5.41, 5.74) is 1.99. The van der Waals surface area contributed by atoms with Crippen LogP contribution in [-0.2, 0) is 0 Å². The summed E-state index contributed by atoms with van der Waals surface area (Å²) in [5, 5.41) is 0.625. The van der Waals surface area contributed by atoms with Crippen LogP contribution in [0.25, 0.3) is 0 Å². The van der Waals surface area contributed by atoms with Crippen molar-refractivity contribution in [3.05, 3.63) is 95.6 Å². The molecule has 2 nitrogen and oxygen atoms in total. The monoisotopic (exact) mass is 294 g/mol. The molecule has 3 aromatic rings. The maximum atomic E-state index is 5.94. The Morgan fingerprint density at radius 3 is 2.43 bits per heavy atom. The lowest BCUT2D eigenvalue weighted by molar-refractivity contribution is 0.482. The van der Waals surface area contributed by atoms with Gasteiger partial charge in [-0.15, -0.1) is 0 Å². The summed E-state index contributed by atoms with van der Waals surface area (Å²) in [5.74, 6) is 1.61. The molecule has 0 spiro atoms. The quantitative estimate of drug-likeness (QED) is 0.665. The minimum atomic E-state index is 0.625. The van der Waals surface area contributed by atoms with Gasteiger partial charge in [0.15, 0.2) is 0 Å². The molecule has 0 aliphatic rings. The maximum Gasteiger partial charge on any atom is 0.127 e. The second-order valence-electron chi connectivity index (χ2n) is 4.57. The SMILES string of the molecule is Clc1cncc([CH]c2cccc(Oc3ccccc3)c2)c1. The average Bonchev–Trinajstić information content (AvgIpc) is 2.49. The lowest BCUT2D eigenvalue weighted by atomic mass is 10.1. The fraction of sp³-hybridized carbons (Fsp3) is 0. The van der Waals surface area contributed by atoms with Crippen molar-refractivity contribution in [1.29, 1.82) is 0 Å². The molecule has 0 saturated heterocycles. The topological polar surface area (TPSA) is 22.1 Å². The fourth-order valence-corrected chi connectivity index (χ4v) is 2.17. The van der Waals surface area contributed by atoms with Crippen molar-refractivity contribution in [1.82, 2.24) is 4.98 Å². The third-order valence-electron chi connectivity index (χ3n) is 2.90. The van der Waals surface area contributed by atoms with Gasteiger partial charge in [0.05, 0.1) is 5.02 Å². The molecule has 0 aliphatic heterocycles. The molecule has 0 aliphatic carbocycles. The van der Waals surface area contributed by atoms with Crippen molar-refractivity contribution in [3.8, 4) is 11.5 Å².